The van der Waals surface area contributed by atoms with E-state index in [1.165, 1.54) is 21.0 Å². The summed E-state index contributed by atoms with van der Waals surface area (Å²) in [6.07, 6.45) is 0. The van der Waals surface area contributed by atoms with Crippen molar-refractivity contribution in [2.24, 2.45) is 0 Å². The highest BCUT2D eigenvalue weighted by Crippen LogP contribution is 1.77. The molecule has 0 amide bonds. The Labute approximate surface area is 48.2 Å². The largest absolute Gasteiger partial charge is 0.715 e. The van der Waals surface area contributed by atoms with Crippen LogP contribution in [0.3, 0.4) is 0 Å². The van der Waals surface area contributed by atoms with E-state index in [1.807, 2.05) is 0 Å². The Hall–Kier alpha value is -0.770. The lowest BCUT2D eigenvalue weighted by atomic mass is 10.7. The van der Waals surface area contributed by atoms with Gasteiger partial charge in [0.1, 0.15) is 7.05 Å². The van der Waals surface area contributed by atoms with Gasteiger partial charge in [-0.05, 0) is 0 Å². The van der Waals surface area contributed by atoms with Crippen molar-refractivity contribution in [3.8, 4) is 0 Å². The minimum absolute atomic E-state index is 0.157. The SMILES string of the molecule is C/C(N(C)[O])=[N+](\C)[O-]. The highest BCUT2D eigenvalue weighted by molar-refractivity contribution is 5.72. The van der Waals surface area contributed by atoms with Gasteiger partial charge in [-0.1, -0.05) is 5.06 Å². The van der Waals surface area contributed by atoms with Crippen molar-refractivity contribution in [3.63, 3.8) is 0 Å². The zero-order valence-corrected chi connectivity index (χ0v) is 5.21. The van der Waals surface area contributed by atoms with Gasteiger partial charge in [-0.15, -0.1) is 0 Å². The van der Waals surface area contributed by atoms with Crippen LogP contribution in [0.4, 0.5) is 0 Å². The molecule has 1 radical (unpaired) electrons. The lowest BCUT2D eigenvalue weighted by Gasteiger charge is -2.05. The molecule has 0 aliphatic rings. The Morgan fingerprint density at radius 2 is 2.12 bits per heavy atom. The molecule has 0 saturated heterocycles. The molecule has 0 saturated carbocycles. The molecule has 0 aromatic carbocycles. The molecule has 0 aliphatic heterocycles. The molecule has 0 aromatic heterocycles. The van der Waals surface area contributed by atoms with E-state index in [0.717, 1.165) is 0 Å². The molecule has 8 heavy (non-hydrogen) atoms. The number of hydroxylamine groups is 3. The lowest BCUT2D eigenvalue weighted by Crippen LogP contribution is -2.24. The first-order valence-electron chi connectivity index (χ1n) is 2.21. The first-order chi connectivity index (χ1) is 3.55. The molecular formula is C4H9N2O2. The quantitative estimate of drug-likeness (QED) is 0.145. The fourth-order valence-electron chi connectivity index (χ4n) is 0.198. The van der Waals surface area contributed by atoms with Crippen LogP contribution in [-0.2, 0) is 5.21 Å². The van der Waals surface area contributed by atoms with E-state index in [0.29, 0.717) is 9.80 Å². The molecule has 0 aromatic rings. The van der Waals surface area contributed by atoms with E-state index in [9.17, 15) is 10.4 Å². The Balaban J connectivity index is 4.00. The number of rotatable bonds is 0. The van der Waals surface area contributed by atoms with Crippen molar-refractivity contribution in [1.29, 1.82) is 0 Å². The van der Waals surface area contributed by atoms with Crippen LogP contribution in [0.25, 0.3) is 0 Å². The van der Waals surface area contributed by atoms with Gasteiger partial charge in [-0.2, -0.15) is 0 Å². The summed E-state index contributed by atoms with van der Waals surface area (Å²) in [6.45, 7) is 1.46. The molecule has 47 valence electrons. The first-order valence-corrected chi connectivity index (χ1v) is 2.21. The molecule has 0 unspecified atom stereocenters. The van der Waals surface area contributed by atoms with Crippen LogP contribution in [0.15, 0.2) is 0 Å². The number of nitrogens with zero attached hydrogens (tertiary/aromatic N) is 2. The third kappa shape index (κ3) is 1.79. The molecule has 0 bridgehead atoms. The first kappa shape index (κ1) is 7.23. The summed E-state index contributed by atoms with van der Waals surface area (Å²) in [6, 6.07) is 0. The summed E-state index contributed by atoms with van der Waals surface area (Å²) >= 11 is 0. The topological polar surface area (TPSA) is 49.2 Å². The number of hydrogen-bond acceptors (Lipinski definition) is 1. The summed E-state index contributed by atoms with van der Waals surface area (Å²) < 4.78 is 0.521. The Bertz CT molecular complexity index is 105. The van der Waals surface area contributed by atoms with Crippen molar-refractivity contribution in [2.75, 3.05) is 14.1 Å². The van der Waals surface area contributed by atoms with Crippen LogP contribution in [0.5, 0.6) is 0 Å². The summed E-state index contributed by atoms with van der Waals surface area (Å²) in [4.78, 5) is 0. The molecular weight excluding hydrogens is 108 g/mol. The van der Waals surface area contributed by atoms with Gasteiger partial charge >= 0.3 is 0 Å². The van der Waals surface area contributed by atoms with Crippen molar-refractivity contribution >= 4 is 5.84 Å². The van der Waals surface area contributed by atoms with Crippen molar-refractivity contribution < 1.29 is 9.95 Å². The molecule has 0 N–H and O–H groups in total. The van der Waals surface area contributed by atoms with E-state index in [1.54, 1.807) is 0 Å². The Morgan fingerprint density at radius 1 is 1.75 bits per heavy atom. The van der Waals surface area contributed by atoms with Crippen LogP contribution in [0, 0.1) is 5.21 Å². The molecule has 0 fully saturated rings. The van der Waals surface area contributed by atoms with E-state index in [4.69, 9.17) is 0 Å². The predicted octanol–water partition coefficient (Wildman–Crippen LogP) is -0.178. The highest BCUT2D eigenvalue weighted by atomic mass is 16.5. The molecule has 0 spiro atoms. The lowest BCUT2D eigenvalue weighted by molar-refractivity contribution is -0.436. The normalized spacial score (nSPS) is 13.0. The summed E-state index contributed by atoms with van der Waals surface area (Å²) in [5, 5.41) is 21.0. The van der Waals surface area contributed by atoms with Gasteiger partial charge in [-0.3, -0.25) is 4.74 Å². The second-order valence-corrected chi connectivity index (χ2v) is 1.54. The van der Waals surface area contributed by atoms with Gasteiger partial charge in [-0.25, -0.2) is 0 Å². The van der Waals surface area contributed by atoms with Gasteiger partial charge in [0.2, 0.25) is 0 Å². The van der Waals surface area contributed by atoms with Crippen LogP contribution in [0.2, 0.25) is 0 Å². The van der Waals surface area contributed by atoms with E-state index in [-0.39, 0.29) is 5.84 Å². The van der Waals surface area contributed by atoms with Crippen molar-refractivity contribution in [1.82, 2.24) is 5.06 Å². The standard InChI is InChI=1S/C4H9N2O2/c1-4(5(2)7)6(3)8/h1-3H3/b5-4-. The second-order valence-electron chi connectivity index (χ2n) is 1.54. The molecule has 4 nitrogen and oxygen atoms in total. The number of amidine groups is 1. The fourth-order valence-corrected chi connectivity index (χ4v) is 0.198. The maximum Gasteiger partial charge on any atom is 0.279 e. The highest BCUT2D eigenvalue weighted by Gasteiger charge is 2.04. The zero-order valence-electron chi connectivity index (χ0n) is 5.21. The van der Waals surface area contributed by atoms with Gasteiger partial charge in [0.15, 0.2) is 0 Å². The minimum Gasteiger partial charge on any atom is -0.715 e. The third-order valence-electron chi connectivity index (χ3n) is 0.911. The third-order valence-corrected chi connectivity index (χ3v) is 0.911. The Morgan fingerprint density at radius 3 is 2.12 bits per heavy atom. The summed E-state index contributed by atoms with van der Waals surface area (Å²) in [5.74, 6) is 0.157. The van der Waals surface area contributed by atoms with Gasteiger partial charge in [0, 0.05) is 12.1 Å². The van der Waals surface area contributed by atoms with Crippen LogP contribution in [-0.4, -0.2) is 29.7 Å². The molecule has 0 heterocycles. The summed E-state index contributed by atoms with van der Waals surface area (Å²) in [5.41, 5.74) is 0. The van der Waals surface area contributed by atoms with Gasteiger partial charge in [0.25, 0.3) is 5.84 Å². The predicted molar refractivity (Wildman–Crippen MR) is 28.7 cm³/mol. The molecule has 4 heteroatoms. The van der Waals surface area contributed by atoms with Crippen LogP contribution < -0.4 is 0 Å². The van der Waals surface area contributed by atoms with Crippen molar-refractivity contribution in [2.45, 2.75) is 6.92 Å². The van der Waals surface area contributed by atoms with Crippen LogP contribution in [0.1, 0.15) is 6.92 Å². The number of hydrogen-bond donors (Lipinski definition) is 0. The zero-order chi connectivity index (χ0) is 6.73. The smallest absolute Gasteiger partial charge is 0.279 e. The monoisotopic (exact) mass is 117 g/mol. The van der Waals surface area contributed by atoms with E-state index < -0.39 is 0 Å². The maximum atomic E-state index is 10.2. The summed E-state index contributed by atoms with van der Waals surface area (Å²) in [7, 11) is 2.56. The van der Waals surface area contributed by atoms with Crippen molar-refractivity contribution in [3.05, 3.63) is 5.21 Å². The fraction of sp³-hybridized carbons (Fsp3) is 0.750. The Kier molecular flexibility index (Phi) is 2.27. The molecule has 0 atom stereocenters. The molecule has 0 aliphatic carbocycles. The minimum atomic E-state index is 0.157. The second kappa shape index (κ2) is 2.52. The van der Waals surface area contributed by atoms with Gasteiger partial charge < -0.3 is 5.21 Å². The average molecular weight is 117 g/mol. The van der Waals surface area contributed by atoms with E-state index in [2.05, 4.69) is 0 Å². The van der Waals surface area contributed by atoms with E-state index >= 15 is 0 Å². The van der Waals surface area contributed by atoms with Gasteiger partial charge in [0.05, 0.1) is 7.05 Å². The van der Waals surface area contributed by atoms with Crippen LogP contribution >= 0.6 is 0 Å². The molecule has 0 rings (SSSR count). The average Bonchev–Trinajstić information content (AvgIpc) is 1.64. The maximum absolute atomic E-state index is 10.2.